The van der Waals surface area contributed by atoms with Gasteiger partial charge < -0.3 is 9.47 Å². The second-order valence-electron chi connectivity index (χ2n) is 4.95. The number of para-hydroxylation sites is 1. The first-order valence-corrected chi connectivity index (χ1v) is 7.36. The van der Waals surface area contributed by atoms with E-state index in [2.05, 4.69) is 11.8 Å². The van der Waals surface area contributed by atoms with Crippen LogP contribution in [0.1, 0.15) is 30.6 Å². The molecule has 20 heavy (non-hydrogen) atoms. The van der Waals surface area contributed by atoms with Crippen LogP contribution < -0.4 is 4.74 Å². The summed E-state index contributed by atoms with van der Waals surface area (Å²) >= 11 is 0. The molecule has 0 aromatic heterocycles. The standard InChI is InChI=1S/C16H23NO3/c1-3-9-17-10-11-20-15(12-17)16(18)13-7-5-6-8-14(13)19-4-2/h5-8,15H,3-4,9-12H2,1-2H3. The molecule has 0 radical (unpaired) electrons. The van der Waals surface area contributed by atoms with Crippen molar-refractivity contribution >= 4 is 5.78 Å². The molecule has 4 heteroatoms. The molecule has 1 aromatic carbocycles. The van der Waals surface area contributed by atoms with Gasteiger partial charge in [-0.25, -0.2) is 0 Å². The molecule has 0 bridgehead atoms. The Bertz CT molecular complexity index is 445. The van der Waals surface area contributed by atoms with Crippen molar-refractivity contribution in [2.45, 2.75) is 26.4 Å². The number of benzene rings is 1. The molecule has 110 valence electrons. The lowest BCUT2D eigenvalue weighted by molar-refractivity contribution is -0.0165. The number of ether oxygens (including phenoxy) is 2. The van der Waals surface area contributed by atoms with Gasteiger partial charge in [-0.1, -0.05) is 19.1 Å². The number of ketones is 1. The van der Waals surface area contributed by atoms with Gasteiger partial charge in [-0.2, -0.15) is 0 Å². The fourth-order valence-electron chi connectivity index (χ4n) is 2.51. The highest BCUT2D eigenvalue weighted by atomic mass is 16.5. The van der Waals surface area contributed by atoms with Crippen molar-refractivity contribution in [1.29, 1.82) is 0 Å². The zero-order valence-corrected chi connectivity index (χ0v) is 12.3. The first-order valence-electron chi connectivity index (χ1n) is 7.36. The van der Waals surface area contributed by atoms with Gasteiger partial charge in [0.15, 0.2) is 5.78 Å². The Morgan fingerprint density at radius 3 is 2.95 bits per heavy atom. The zero-order chi connectivity index (χ0) is 14.4. The van der Waals surface area contributed by atoms with Crippen LogP contribution in [-0.4, -0.2) is 49.6 Å². The summed E-state index contributed by atoms with van der Waals surface area (Å²) in [5.41, 5.74) is 0.623. The van der Waals surface area contributed by atoms with Crippen molar-refractivity contribution in [3.8, 4) is 5.75 Å². The van der Waals surface area contributed by atoms with Crippen molar-refractivity contribution in [3.05, 3.63) is 29.8 Å². The Labute approximate surface area is 120 Å². The number of nitrogens with zero attached hydrogens (tertiary/aromatic N) is 1. The molecule has 1 fully saturated rings. The highest BCUT2D eigenvalue weighted by Crippen LogP contribution is 2.22. The molecule has 2 rings (SSSR count). The van der Waals surface area contributed by atoms with E-state index in [1.807, 2.05) is 31.2 Å². The SMILES string of the molecule is CCCN1CCOC(C(=O)c2ccccc2OCC)C1. The molecule has 0 aliphatic carbocycles. The Hall–Kier alpha value is -1.39. The number of Topliss-reactive ketones (excluding diaryl/α,β-unsaturated/α-hetero) is 1. The summed E-state index contributed by atoms with van der Waals surface area (Å²) in [4.78, 5) is 14.9. The predicted molar refractivity (Wildman–Crippen MR) is 78.4 cm³/mol. The monoisotopic (exact) mass is 277 g/mol. The van der Waals surface area contributed by atoms with Crippen LogP contribution >= 0.6 is 0 Å². The maximum Gasteiger partial charge on any atom is 0.196 e. The molecule has 1 aliphatic heterocycles. The summed E-state index contributed by atoms with van der Waals surface area (Å²) < 4.78 is 11.2. The van der Waals surface area contributed by atoms with E-state index in [9.17, 15) is 4.79 Å². The minimum absolute atomic E-state index is 0.0230. The van der Waals surface area contributed by atoms with E-state index in [-0.39, 0.29) is 11.9 Å². The molecule has 0 spiro atoms. The minimum atomic E-state index is -0.378. The van der Waals surface area contributed by atoms with E-state index in [0.29, 0.717) is 31.1 Å². The normalized spacial score (nSPS) is 19.8. The Morgan fingerprint density at radius 1 is 1.40 bits per heavy atom. The summed E-state index contributed by atoms with van der Waals surface area (Å²) in [6.07, 6.45) is 0.716. The predicted octanol–water partition coefficient (Wildman–Crippen LogP) is 2.38. The summed E-state index contributed by atoms with van der Waals surface area (Å²) in [7, 11) is 0. The first kappa shape index (κ1) is 15.0. The van der Waals surface area contributed by atoms with Crippen LogP contribution in [0.4, 0.5) is 0 Å². The minimum Gasteiger partial charge on any atom is -0.493 e. The maximum atomic E-state index is 12.6. The van der Waals surface area contributed by atoms with Crippen LogP contribution in [0, 0.1) is 0 Å². The van der Waals surface area contributed by atoms with E-state index in [1.54, 1.807) is 0 Å². The second-order valence-corrected chi connectivity index (χ2v) is 4.95. The highest BCUT2D eigenvalue weighted by molar-refractivity contribution is 6.02. The highest BCUT2D eigenvalue weighted by Gasteiger charge is 2.28. The third-order valence-corrected chi connectivity index (χ3v) is 3.44. The molecule has 0 saturated carbocycles. The molecule has 0 amide bonds. The molecular weight excluding hydrogens is 254 g/mol. The topological polar surface area (TPSA) is 38.8 Å². The number of hydrogen-bond donors (Lipinski definition) is 0. The average Bonchev–Trinajstić information content (AvgIpc) is 2.48. The van der Waals surface area contributed by atoms with Crippen molar-refractivity contribution < 1.29 is 14.3 Å². The zero-order valence-electron chi connectivity index (χ0n) is 12.3. The lowest BCUT2D eigenvalue weighted by atomic mass is 10.0. The summed E-state index contributed by atoms with van der Waals surface area (Å²) in [5, 5.41) is 0. The summed E-state index contributed by atoms with van der Waals surface area (Å²) in [6.45, 7) is 7.83. The first-order chi connectivity index (χ1) is 9.76. The van der Waals surface area contributed by atoms with Crippen molar-refractivity contribution in [3.63, 3.8) is 0 Å². The molecule has 4 nitrogen and oxygen atoms in total. The third-order valence-electron chi connectivity index (χ3n) is 3.44. The van der Waals surface area contributed by atoms with Gasteiger partial charge in [0.25, 0.3) is 0 Å². The quantitative estimate of drug-likeness (QED) is 0.748. The third kappa shape index (κ3) is 3.58. The molecular formula is C16H23NO3. The van der Waals surface area contributed by atoms with Crippen LogP contribution in [0.2, 0.25) is 0 Å². The smallest absolute Gasteiger partial charge is 0.196 e. The number of carbonyl (C=O) groups excluding carboxylic acids is 1. The lowest BCUT2D eigenvalue weighted by Crippen LogP contribution is -2.46. The average molecular weight is 277 g/mol. The van der Waals surface area contributed by atoms with Crippen LogP contribution in [0.3, 0.4) is 0 Å². The Balaban J connectivity index is 2.10. The Morgan fingerprint density at radius 2 is 2.20 bits per heavy atom. The van der Waals surface area contributed by atoms with E-state index >= 15 is 0 Å². The maximum absolute atomic E-state index is 12.6. The van der Waals surface area contributed by atoms with Gasteiger partial charge in [0, 0.05) is 13.1 Å². The van der Waals surface area contributed by atoms with Crippen LogP contribution in [0.25, 0.3) is 0 Å². The van der Waals surface area contributed by atoms with Gasteiger partial charge in [0.1, 0.15) is 11.9 Å². The summed E-state index contributed by atoms with van der Waals surface area (Å²) in [6, 6.07) is 7.40. The van der Waals surface area contributed by atoms with Gasteiger partial charge >= 0.3 is 0 Å². The summed E-state index contributed by atoms with van der Waals surface area (Å²) in [5.74, 6) is 0.672. The molecule has 1 unspecified atom stereocenters. The Kier molecular flexibility index (Phi) is 5.56. The largest absolute Gasteiger partial charge is 0.493 e. The van der Waals surface area contributed by atoms with Gasteiger partial charge in [0.2, 0.25) is 0 Å². The fourth-order valence-corrected chi connectivity index (χ4v) is 2.51. The van der Waals surface area contributed by atoms with Crippen molar-refractivity contribution in [2.75, 3.05) is 32.8 Å². The van der Waals surface area contributed by atoms with Crippen LogP contribution in [-0.2, 0) is 4.74 Å². The lowest BCUT2D eigenvalue weighted by Gasteiger charge is -2.32. The van der Waals surface area contributed by atoms with Gasteiger partial charge in [0.05, 0.1) is 18.8 Å². The molecule has 1 aromatic rings. The van der Waals surface area contributed by atoms with Crippen molar-refractivity contribution in [1.82, 2.24) is 4.90 Å². The van der Waals surface area contributed by atoms with Gasteiger partial charge in [-0.3, -0.25) is 9.69 Å². The van der Waals surface area contributed by atoms with E-state index in [1.165, 1.54) is 0 Å². The van der Waals surface area contributed by atoms with E-state index in [0.717, 1.165) is 19.5 Å². The molecule has 0 N–H and O–H groups in total. The number of morpholine rings is 1. The number of hydrogen-bond acceptors (Lipinski definition) is 4. The van der Waals surface area contributed by atoms with E-state index in [4.69, 9.17) is 9.47 Å². The van der Waals surface area contributed by atoms with Crippen LogP contribution in [0.15, 0.2) is 24.3 Å². The van der Waals surface area contributed by atoms with Gasteiger partial charge in [-0.15, -0.1) is 0 Å². The number of rotatable bonds is 6. The molecule has 1 heterocycles. The second kappa shape index (κ2) is 7.41. The van der Waals surface area contributed by atoms with Gasteiger partial charge in [-0.05, 0) is 32.0 Å². The fraction of sp³-hybridized carbons (Fsp3) is 0.562. The molecule has 1 saturated heterocycles. The van der Waals surface area contributed by atoms with Crippen molar-refractivity contribution in [2.24, 2.45) is 0 Å². The van der Waals surface area contributed by atoms with E-state index < -0.39 is 0 Å². The molecule has 1 aliphatic rings. The van der Waals surface area contributed by atoms with Crippen LogP contribution in [0.5, 0.6) is 5.75 Å². The number of carbonyl (C=O) groups is 1. The molecule has 1 atom stereocenters.